The molecule has 0 atom stereocenters. The van der Waals surface area contributed by atoms with Gasteiger partial charge in [-0.05, 0) is 190 Å². The molecule has 0 bridgehead atoms. The number of rotatable bonds is 10. The van der Waals surface area contributed by atoms with Crippen LogP contribution in [0.1, 0.15) is 22.5 Å². The summed E-state index contributed by atoms with van der Waals surface area (Å²) in [4.78, 5) is 21.0. The van der Waals surface area contributed by atoms with E-state index >= 15 is 0 Å². The largest absolute Gasteiger partial charge is 0.456 e. The molecule has 8 nitrogen and oxygen atoms in total. The third-order valence-corrected chi connectivity index (χ3v) is 24.6. The van der Waals surface area contributed by atoms with Crippen LogP contribution in [0.15, 0.2) is 382 Å². The normalized spacial score (nSPS) is 11.8. The first-order valence-corrected chi connectivity index (χ1v) is 40.8. The summed E-state index contributed by atoms with van der Waals surface area (Å²) >= 11 is 0. The van der Waals surface area contributed by atoms with Crippen LogP contribution in [0.25, 0.3) is 243 Å². The zero-order chi connectivity index (χ0) is 79.8. The van der Waals surface area contributed by atoms with Gasteiger partial charge in [-0.3, -0.25) is 19.9 Å². The molecule has 0 unspecified atom stereocenters. The number of aromatic nitrogens is 4. The summed E-state index contributed by atoms with van der Waals surface area (Å²) in [6, 6.07) is 124. The van der Waals surface area contributed by atoms with Gasteiger partial charge in [-0.15, -0.1) is 0 Å². The van der Waals surface area contributed by atoms with Crippen molar-refractivity contribution in [2.75, 3.05) is 0 Å². The van der Waals surface area contributed by atoms with E-state index in [1.54, 1.807) is 0 Å². The topological polar surface area (TPSA) is 104 Å². The Labute approximate surface area is 690 Å². The predicted molar refractivity (Wildman–Crippen MR) is 497 cm³/mol. The van der Waals surface area contributed by atoms with Crippen LogP contribution in [0.3, 0.4) is 0 Å². The molecule has 8 heterocycles. The number of furan rings is 4. The van der Waals surface area contributed by atoms with Gasteiger partial charge in [0.2, 0.25) is 0 Å². The van der Waals surface area contributed by atoms with Crippen molar-refractivity contribution in [2.24, 2.45) is 0 Å². The second-order valence-corrected chi connectivity index (χ2v) is 31.5. The first-order valence-electron chi connectivity index (χ1n) is 40.8. The van der Waals surface area contributed by atoms with Crippen molar-refractivity contribution in [3.8, 4) is 111 Å². The van der Waals surface area contributed by atoms with Crippen LogP contribution in [-0.2, 0) is 0 Å². The van der Waals surface area contributed by atoms with Crippen molar-refractivity contribution in [3.05, 3.63) is 387 Å². The maximum atomic E-state index is 6.13. The Morgan fingerprint density at radius 3 is 0.725 bits per heavy atom. The molecule has 0 aliphatic heterocycles. The first-order chi connectivity index (χ1) is 59.1. The lowest BCUT2D eigenvalue weighted by Crippen LogP contribution is -2.00. The number of hydrogen-bond acceptors (Lipinski definition) is 8. The van der Waals surface area contributed by atoms with Gasteiger partial charge >= 0.3 is 0 Å². The van der Waals surface area contributed by atoms with Crippen molar-refractivity contribution in [1.82, 2.24) is 19.9 Å². The predicted octanol–water partition coefficient (Wildman–Crippen LogP) is 31.1. The molecule has 0 saturated carbocycles. The van der Waals surface area contributed by atoms with Crippen LogP contribution in [0.4, 0.5) is 0 Å². The number of para-hydroxylation sites is 4. The van der Waals surface area contributed by atoms with Crippen molar-refractivity contribution in [1.29, 1.82) is 0 Å². The standard InChI is InChI=1S/C62H40N2O2.C50H32N2O2/c1-37-57(43-25-21-39(22-26-43)45-29-33-55-51(35-45)47-17-9-11-19-53(47)65-55)59(41-13-5-3-6-14-41)49-31-32-50-60(42-15-7-4-8-16-42)58(38(2)64-62(50)61(49)63-37)44-27-23-40(24-28-44)46-30-34-56-52(36-46)48-18-10-12-20-54(48)66-56;1-29-37-21-22-38-30(2)44(34-17-13-32(14-18-34)36-20-24-48-42(26-36)40-8-4-6-10-46(40)54-48)28-52-50(38)49(37)51-27-43(29)33-15-11-31(12-16-33)35-19-23-47-41(25-35)39-7-3-5-9-45(39)53-47/h3-36H,1-2H3;3-28H,1-2H3. The number of fused-ring (bicyclic) bond motifs is 18. The van der Waals surface area contributed by atoms with Gasteiger partial charge in [-0.1, -0.05) is 279 Å². The van der Waals surface area contributed by atoms with E-state index in [1.807, 2.05) is 60.9 Å². The van der Waals surface area contributed by atoms with Crippen molar-refractivity contribution < 1.29 is 17.7 Å². The van der Waals surface area contributed by atoms with E-state index in [2.05, 4.69) is 331 Å². The highest BCUT2D eigenvalue weighted by Gasteiger charge is 2.25. The molecule has 0 spiro atoms. The van der Waals surface area contributed by atoms with Gasteiger partial charge in [0.15, 0.2) is 0 Å². The Morgan fingerprint density at radius 2 is 0.417 bits per heavy atom. The van der Waals surface area contributed by atoms with Crippen molar-refractivity contribution in [3.63, 3.8) is 0 Å². The fourth-order valence-corrected chi connectivity index (χ4v) is 18.5. The van der Waals surface area contributed by atoms with Crippen LogP contribution in [0.2, 0.25) is 0 Å². The smallest absolute Gasteiger partial charge is 0.135 e. The lowest BCUT2D eigenvalue weighted by molar-refractivity contribution is 0.668. The summed E-state index contributed by atoms with van der Waals surface area (Å²) in [6.45, 7) is 8.65. The average molecular weight is 1540 g/mol. The van der Waals surface area contributed by atoms with Crippen molar-refractivity contribution in [2.45, 2.75) is 27.7 Å². The van der Waals surface area contributed by atoms with E-state index < -0.39 is 0 Å². The van der Waals surface area contributed by atoms with Gasteiger partial charge in [0.05, 0.1) is 22.1 Å². The number of aryl methyl sites for hydroxylation is 4. The lowest BCUT2D eigenvalue weighted by Gasteiger charge is -2.20. The Morgan fingerprint density at radius 1 is 0.175 bits per heavy atom. The van der Waals surface area contributed by atoms with Gasteiger partial charge in [-0.25, -0.2) is 0 Å². The van der Waals surface area contributed by atoms with Gasteiger partial charge in [-0.2, -0.15) is 0 Å². The molecule has 0 amide bonds. The molecule has 564 valence electrons. The van der Waals surface area contributed by atoms with E-state index in [1.165, 1.54) is 22.3 Å². The van der Waals surface area contributed by atoms with E-state index in [-0.39, 0.29) is 0 Å². The van der Waals surface area contributed by atoms with E-state index in [0.717, 1.165) is 243 Å². The molecule has 16 aromatic carbocycles. The molecule has 24 aromatic rings. The first kappa shape index (κ1) is 69.8. The molecule has 0 fully saturated rings. The highest BCUT2D eigenvalue weighted by Crippen LogP contribution is 2.48. The highest BCUT2D eigenvalue weighted by molar-refractivity contribution is 6.18. The molecule has 0 aliphatic rings. The van der Waals surface area contributed by atoms with Crippen LogP contribution < -0.4 is 0 Å². The maximum absolute atomic E-state index is 6.13. The van der Waals surface area contributed by atoms with Crippen molar-refractivity contribution >= 4 is 131 Å². The molecule has 8 aromatic heterocycles. The monoisotopic (exact) mass is 1540 g/mol. The van der Waals surface area contributed by atoms with Crippen LogP contribution in [0, 0.1) is 27.7 Å². The quantitative estimate of drug-likeness (QED) is 0.125. The molecule has 8 heteroatoms. The fourth-order valence-electron chi connectivity index (χ4n) is 18.5. The summed E-state index contributed by atoms with van der Waals surface area (Å²) in [5, 5.41) is 13.4. The Bertz CT molecular complexity index is 7800. The third-order valence-electron chi connectivity index (χ3n) is 24.6. The maximum Gasteiger partial charge on any atom is 0.135 e. The summed E-state index contributed by atoms with van der Waals surface area (Å²) in [7, 11) is 0. The van der Waals surface area contributed by atoms with Gasteiger partial charge < -0.3 is 17.7 Å². The minimum Gasteiger partial charge on any atom is -0.456 e. The summed E-state index contributed by atoms with van der Waals surface area (Å²) in [5.74, 6) is 0. The second-order valence-electron chi connectivity index (χ2n) is 31.5. The minimum atomic E-state index is 0.897. The zero-order valence-electron chi connectivity index (χ0n) is 66.1. The molecule has 0 saturated heterocycles. The SMILES string of the molecule is Cc1c(-c2ccc(-c3ccc4oc5ccccc5c4c3)cc2)cnc2c1ccc1c(C)c(-c3ccc(-c4ccc5oc6ccccc6c5c4)cc3)cnc12.Cc1nc2c(ccc3c(-c4ccccc4)c(-c4ccc(-c5ccc6oc7ccccc7c6c5)cc4)c(C)nc32)c(-c2ccccc2)c1-c1ccc(-c2ccc3oc4ccccc4c3c2)cc1. The Balaban J connectivity index is 0.000000143. The molecule has 0 N–H and O–H groups in total. The van der Waals surface area contributed by atoms with Crippen LogP contribution >= 0.6 is 0 Å². The Hall–Kier alpha value is -15.6. The molecule has 0 aliphatic carbocycles. The summed E-state index contributed by atoms with van der Waals surface area (Å²) in [6.07, 6.45) is 4.01. The zero-order valence-corrected chi connectivity index (χ0v) is 66.1. The molecule has 24 rings (SSSR count). The van der Waals surface area contributed by atoms with Gasteiger partial charge in [0.1, 0.15) is 44.7 Å². The number of pyridine rings is 4. The number of benzene rings is 16. The van der Waals surface area contributed by atoms with E-state index in [0.29, 0.717) is 0 Å². The Kier molecular flexibility index (Phi) is 16.3. The van der Waals surface area contributed by atoms with Gasteiger partial charge in [0, 0.05) is 122 Å². The second kappa shape index (κ2) is 28.1. The highest BCUT2D eigenvalue weighted by atomic mass is 16.3. The lowest BCUT2D eigenvalue weighted by atomic mass is 9.86. The molecule has 120 heavy (non-hydrogen) atoms. The molecule has 0 radical (unpaired) electrons. The number of hydrogen-bond donors (Lipinski definition) is 0. The molecular formula is C112H72N4O4. The van der Waals surface area contributed by atoms with Gasteiger partial charge in [0.25, 0.3) is 0 Å². The average Bonchev–Trinajstić information content (AvgIpc) is 1.74. The number of nitrogens with zero attached hydrogens (tertiary/aromatic N) is 4. The van der Waals surface area contributed by atoms with E-state index in [4.69, 9.17) is 37.6 Å². The van der Waals surface area contributed by atoms with Crippen LogP contribution in [-0.4, -0.2) is 19.9 Å². The third kappa shape index (κ3) is 11.7. The fraction of sp³-hybridized carbons (Fsp3) is 0.0357. The van der Waals surface area contributed by atoms with E-state index in [9.17, 15) is 0 Å². The summed E-state index contributed by atoms with van der Waals surface area (Å²) < 4.78 is 24.4. The molecular weight excluding hydrogens is 1470 g/mol. The van der Waals surface area contributed by atoms with Crippen LogP contribution in [0.5, 0.6) is 0 Å². The summed E-state index contributed by atoms with van der Waals surface area (Å²) in [5.41, 5.74) is 38.0. The minimum absolute atomic E-state index is 0.897.